The van der Waals surface area contributed by atoms with Crippen molar-refractivity contribution in [1.82, 2.24) is 4.98 Å². The standard InChI is InChI=1S/C13H13BrN2O/c14-11-6-10(7-16-8-11)13(17)12(15)9-4-2-1-3-5-9/h1-8,12-13,17H,15H2. The summed E-state index contributed by atoms with van der Waals surface area (Å²) in [5, 5.41) is 10.2. The molecule has 88 valence electrons. The van der Waals surface area contributed by atoms with Crippen LogP contribution in [0.3, 0.4) is 0 Å². The first-order chi connectivity index (χ1) is 8.18. The Balaban J connectivity index is 2.23. The fraction of sp³-hybridized carbons (Fsp3) is 0.154. The molecule has 0 spiro atoms. The first-order valence-corrected chi connectivity index (χ1v) is 6.07. The summed E-state index contributed by atoms with van der Waals surface area (Å²) in [7, 11) is 0. The van der Waals surface area contributed by atoms with E-state index in [0.29, 0.717) is 5.56 Å². The molecule has 0 aliphatic carbocycles. The molecule has 2 aromatic rings. The van der Waals surface area contributed by atoms with Gasteiger partial charge in [0.15, 0.2) is 0 Å². The Labute approximate surface area is 108 Å². The van der Waals surface area contributed by atoms with Crippen LogP contribution in [0.5, 0.6) is 0 Å². The second-order valence-corrected chi connectivity index (χ2v) is 4.73. The van der Waals surface area contributed by atoms with Crippen LogP contribution in [0.25, 0.3) is 0 Å². The Kier molecular flexibility index (Phi) is 3.89. The highest BCUT2D eigenvalue weighted by Crippen LogP contribution is 2.27. The van der Waals surface area contributed by atoms with Gasteiger partial charge >= 0.3 is 0 Å². The van der Waals surface area contributed by atoms with Crippen LogP contribution in [0.4, 0.5) is 0 Å². The van der Waals surface area contributed by atoms with Crippen LogP contribution in [0.1, 0.15) is 23.3 Å². The van der Waals surface area contributed by atoms with Crippen LogP contribution < -0.4 is 5.73 Å². The second kappa shape index (κ2) is 5.40. The van der Waals surface area contributed by atoms with Crippen molar-refractivity contribution in [2.45, 2.75) is 12.1 Å². The van der Waals surface area contributed by atoms with Gasteiger partial charge in [0.25, 0.3) is 0 Å². The van der Waals surface area contributed by atoms with E-state index in [9.17, 15) is 5.11 Å². The zero-order valence-corrected chi connectivity index (χ0v) is 10.7. The van der Waals surface area contributed by atoms with Crippen LogP contribution in [-0.2, 0) is 0 Å². The van der Waals surface area contributed by atoms with Crippen molar-refractivity contribution in [3.05, 3.63) is 64.4 Å². The zero-order chi connectivity index (χ0) is 12.3. The molecule has 0 saturated heterocycles. The van der Waals surface area contributed by atoms with E-state index in [1.165, 1.54) is 0 Å². The van der Waals surface area contributed by atoms with Crippen molar-refractivity contribution < 1.29 is 5.11 Å². The summed E-state index contributed by atoms with van der Waals surface area (Å²) < 4.78 is 0.828. The molecule has 3 N–H and O–H groups in total. The summed E-state index contributed by atoms with van der Waals surface area (Å²) in [6, 6.07) is 10.9. The molecular formula is C13H13BrN2O. The molecule has 0 radical (unpaired) electrons. The summed E-state index contributed by atoms with van der Waals surface area (Å²) in [5.74, 6) is 0. The lowest BCUT2D eigenvalue weighted by atomic mass is 9.98. The maximum absolute atomic E-state index is 10.2. The van der Waals surface area contributed by atoms with Crippen LogP contribution in [0, 0.1) is 0 Å². The third kappa shape index (κ3) is 2.91. The number of aliphatic hydroxyl groups excluding tert-OH is 1. The lowest BCUT2D eigenvalue weighted by molar-refractivity contribution is 0.146. The number of halogens is 1. The molecule has 1 aromatic carbocycles. The van der Waals surface area contributed by atoms with Crippen molar-refractivity contribution in [3.8, 4) is 0 Å². The highest BCUT2D eigenvalue weighted by atomic mass is 79.9. The number of aromatic nitrogens is 1. The van der Waals surface area contributed by atoms with E-state index in [-0.39, 0.29) is 0 Å². The van der Waals surface area contributed by atoms with Gasteiger partial charge in [-0.15, -0.1) is 0 Å². The first kappa shape index (κ1) is 12.2. The van der Waals surface area contributed by atoms with Gasteiger partial charge in [0, 0.05) is 22.4 Å². The SMILES string of the molecule is NC(c1ccccc1)C(O)c1cncc(Br)c1. The second-order valence-electron chi connectivity index (χ2n) is 3.82. The van der Waals surface area contributed by atoms with Crippen LogP contribution in [0.15, 0.2) is 53.3 Å². The van der Waals surface area contributed by atoms with Crippen molar-refractivity contribution in [1.29, 1.82) is 0 Å². The Morgan fingerprint density at radius 3 is 2.47 bits per heavy atom. The molecule has 0 fully saturated rings. The predicted molar refractivity (Wildman–Crippen MR) is 70.3 cm³/mol. The molecule has 0 amide bonds. The van der Waals surface area contributed by atoms with Gasteiger partial charge in [-0.2, -0.15) is 0 Å². The lowest BCUT2D eigenvalue weighted by Crippen LogP contribution is -2.19. The minimum absolute atomic E-state index is 0.452. The summed E-state index contributed by atoms with van der Waals surface area (Å²) in [6.07, 6.45) is 2.53. The topological polar surface area (TPSA) is 59.1 Å². The summed E-state index contributed by atoms with van der Waals surface area (Å²) in [4.78, 5) is 4.02. The molecule has 1 heterocycles. The molecular weight excluding hydrogens is 280 g/mol. The molecule has 0 aliphatic rings. The highest BCUT2D eigenvalue weighted by Gasteiger charge is 2.18. The van der Waals surface area contributed by atoms with Crippen LogP contribution in [0.2, 0.25) is 0 Å². The number of hydrogen-bond acceptors (Lipinski definition) is 3. The molecule has 4 heteroatoms. The van der Waals surface area contributed by atoms with E-state index in [0.717, 1.165) is 10.0 Å². The first-order valence-electron chi connectivity index (χ1n) is 5.27. The average Bonchev–Trinajstić information content (AvgIpc) is 2.38. The Morgan fingerprint density at radius 1 is 1.12 bits per heavy atom. The molecule has 3 nitrogen and oxygen atoms in total. The summed E-state index contributed by atoms with van der Waals surface area (Å²) in [5.41, 5.74) is 7.63. The summed E-state index contributed by atoms with van der Waals surface area (Å²) >= 11 is 3.32. The van der Waals surface area contributed by atoms with E-state index in [2.05, 4.69) is 20.9 Å². The van der Waals surface area contributed by atoms with E-state index in [1.54, 1.807) is 12.4 Å². The average molecular weight is 293 g/mol. The van der Waals surface area contributed by atoms with Gasteiger partial charge in [-0.1, -0.05) is 30.3 Å². The van der Waals surface area contributed by atoms with Gasteiger partial charge in [-0.25, -0.2) is 0 Å². The number of rotatable bonds is 3. The van der Waals surface area contributed by atoms with Crippen molar-refractivity contribution in [2.24, 2.45) is 5.73 Å². The molecule has 17 heavy (non-hydrogen) atoms. The summed E-state index contributed by atoms with van der Waals surface area (Å²) in [6.45, 7) is 0. The van der Waals surface area contributed by atoms with Gasteiger partial charge in [0.1, 0.15) is 0 Å². The molecule has 2 atom stereocenters. The van der Waals surface area contributed by atoms with Crippen molar-refractivity contribution >= 4 is 15.9 Å². The number of pyridine rings is 1. The minimum atomic E-state index is -0.762. The predicted octanol–water partition coefficient (Wildman–Crippen LogP) is 2.58. The normalized spacial score (nSPS) is 14.3. The Hall–Kier alpha value is -1.23. The van der Waals surface area contributed by atoms with Gasteiger partial charge in [0.05, 0.1) is 12.1 Å². The van der Waals surface area contributed by atoms with E-state index < -0.39 is 12.1 Å². The van der Waals surface area contributed by atoms with Crippen molar-refractivity contribution in [2.75, 3.05) is 0 Å². The van der Waals surface area contributed by atoms with Gasteiger partial charge in [-0.3, -0.25) is 4.98 Å². The molecule has 2 rings (SSSR count). The number of nitrogens with zero attached hydrogens (tertiary/aromatic N) is 1. The van der Waals surface area contributed by atoms with Gasteiger partial charge in [0.2, 0.25) is 0 Å². The Morgan fingerprint density at radius 2 is 1.82 bits per heavy atom. The van der Waals surface area contributed by atoms with Gasteiger partial charge < -0.3 is 10.8 Å². The third-order valence-electron chi connectivity index (χ3n) is 2.59. The fourth-order valence-corrected chi connectivity index (χ4v) is 2.04. The number of benzene rings is 1. The van der Waals surface area contributed by atoms with Gasteiger partial charge in [-0.05, 0) is 27.6 Å². The van der Waals surface area contributed by atoms with Crippen LogP contribution in [-0.4, -0.2) is 10.1 Å². The van der Waals surface area contributed by atoms with Crippen LogP contribution >= 0.6 is 15.9 Å². The quantitative estimate of drug-likeness (QED) is 0.914. The van der Waals surface area contributed by atoms with Crippen molar-refractivity contribution in [3.63, 3.8) is 0 Å². The number of aliphatic hydroxyl groups is 1. The van der Waals surface area contributed by atoms with E-state index in [1.807, 2.05) is 36.4 Å². The maximum Gasteiger partial charge on any atom is 0.0997 e. The molecule has 1 aromatic heterocycles. The lowest BCUT2D eigenvalue weighted by Gasteiger charge is -2.19. The molecule has 0 bridgehead atoms. The zero-order valence-electron chi connectivity index (χ0n) is 9.12. The smallest absolute Gasteiger partial charge is 0.0997 e. The minimum Gasteiger partial charge on any atom is -0.386 e. The molecule has 0 aliphatic heterocycles. The number of nitrogens with two attached hydrogens (primary N) is 1. The monoisotopic (exact) mass is 292 g/mol. The fourth-order valence-electron chi connectivity index (χ4n) is 1.65. The van der Waals surface area contributed by atoms with E-state index in [4.69, 9.17) is 5.73 Å². The molecule has 2 unspecified atom stereocenters. The largest absolute Gasteiger partial charge is 0.386 e. The molecule has 0 saturated carbocycles. The number of hydrogen-bond donors (Lipinski definition) is 2. The van der Waals surface area contributed by atoms with E-state index >= 15 is 0 Å². The highest BCUT2D eigenvalue weighted by molar-refractivity contribution is 9.10. The Bertz CT molecular complexity index is 490. The maximum atomic E-state index is 10.2. The third-order valence-corrected chi connectivity index (χ3v) is 3.03.